The molecule has 0 aromatic heterocycles. The summed E-state index contributed by atoms with van der Waals surface area (Å²) in [5.74, 6) is -0.828. The van der Waals surface area contributed by atoms with Crippen molar-refractivity contribution >= 4 is 21.9 Å². The van der Waals surface area contributed by atoms with Crippen LogP contribution in [-0.2, 0) is 16.9 Å². The van der Waals surface area contributed by atoms with E-state index < -0.39 is 11.6 Å². The molecule has 0 aliphatic rings. The number of hydrogen-bond acceptors (Lipinski definition) is 1. The van der Waals surface area contributed by atoms with Crippen molar-refractivity contribution in [2.24, 2.45) is 0 Å². The van der Waals surface area contributed by atoms with Crippen LogP contribution in [0, 0.1) is 0 Å². The van der Waals surface area contributed by atoms with E-state index in [1.165, 1.54) is 13.8 Å². The van der Waals surface area contributed by atoms with Gasteiger partial charge >= 0.3 is 5.97 Å². The lowest BCUT2D eigenvalue weighted by atomic mass is 9.98. The van der Waals surface area contributed by atoms with E-state index in [-0.39, 0.29) is 6.42 Å². The average Bonchev–Trinajstić information content (AvgIpc) is 2.12. The molecule has 0 saturated heterocycles. The van der Waals surface area contributed by atoms with Gasteiger partial charge in [0.25, 0.3) is 0 Å². The van der Waals surface area contributed by atoms with E-state index in [4.69, 9.17) is 5.11 Å². The zero-order valence-corrected chi connectivity index (χ0v) is 10.8. The van der Waals surface area contributed by atoms with Gasteiger partial charge in [-0.05, 0) is 31.9 Å². The molecule has 0 aliphatic heterocycles. The van der Waals surface area contributed by atoms with Crippen molar-refractivity contribution in [2.75, 3.05) is 0 Å². The van der Waals surface area contributed by atoms with E-state index in [0.717, 1.165) is 5.56 Å². The lowest BCUT2D eigenvalue weighted by Crippen LogP contribution is -2.10. The van der Waals surface area contributed by atoms with Crippen LogP contribution in [0.1, 0.15) is 31.4 Å². The summed E-state index contributed by atoms with van der Waals surface area (Å²) in [5, 5.41) is 8.56. The first-order chi connectivity index (χ1) is 7.30. The third kappa shape index (κ3) is 3.59. The summed E-state index contributed by atoms with van der Waals surface area (Å²) in [5.41, 5.74) is 0.0679. The van der Waals surface area contributed by atoms with Gasteiger partial charge in [0.1, 0.15) is 5.67 Å². The van der Waals surface area contributed by atoms with Crippen molar-refractivity contribution in [1.82, 2.24) is 0 Å². The molecule has 0 radical (unpaired) electrons. The summed E-state index contributed by atoms with van der Waals surface area (Å²) >= 11 is 3.30. The lowest BCUT2D eigenvalue weighted by Gasteiger charge is -2.17. The second-order valence-electron chi connectivity index (χ2n) is 4.18. The first-order valence-electron chi connectivity index (χ1n) is 5.00. The molecule has 0 bridgehead atoms. The molecule has 0 spiro atoms. The Bertz CT molecular complexity index is 396. The number of halogens is 2. The van der Waals surface area contributed by atoms with Gasteiger partial charge in [0, 0.05) is 16.5 Å². The highest BCUT2D eigenvalue weighted by atomic mass is 79.9. The molecule has 0 heterocycles. The smallest absolute Gasteiger partial charge is 0.303 e. The molecule has 0 saturated carbocycles. The summed E-state index contributed by atoms with van der Waals surface area (Å²) < 4.78 is 14.4. The minimum atomic E-state index is -1.40. The minimum Gasteiger partial charge on any atom is -0.481 e. The molecule has 16 heavy (non-hydrogen) atoms. The van der Waals surface area contributed by atoms with Gasteiger partial charge in [-0.25, -0.2) is 4.39 Å². The highest BCUT2D eigenvalue weighted by molar-refractivity contribution is 9.10. The highest BCUT2D eigenvalue weighted by Crippen LogP contribution is 2.32. The van der Waals surface area contributed by atoms with Crippen LogP contribution in [0.15, 0.2) is 22.7 Å². The van der Waals surface area contributed by atoms with Gasteiger partial charge in [-0.1, -0.05) is 28.1 Å². The summed E-state index contributed by atoms with van der Waals surface area (Å²) in [6, 6.07) is 5.24. The quantitative estimate of drug-likeness (QED) is 0.918. The van der Waals surface area contributed by atoms with Crippen LogP contribution in [0.2, 0.25) is 0 Å². The van der Waals surface area contributed by atoms with E-state index in [0.29, 0.717) is 16.5 Å². The Balaban J connectivity index is 2.87. The second-order valence-corrected chi connectivity index (χ2v) is 5.03. The first-order valence-corrected chi connectivity index (χ1v) is 5.79. The third-order valence-corrected chi connectivity index (χ3v) is 2.96. The van der Waals surface area contributed by atoms with Crippen LogP contribution in [-0.4, -0.2) is 11.1 Å². The Morgan fingerprint density at radius 2 is 2.12 bits per heavy atom. The molecule has 1 N–H and O–H groups in total. The topological polar surface area (TPSA) is 37.3 Å². The Labute approximate surface area is 103 Å². The van der Waals surface area contributed by atoms with E-state index in [9.17, 15) is 9.18 Å². The fourth-order valence-electron chi connectivity index (χ4n) is 1.45. The van der Waals surface area contributed by atoms with Crippen molar-refractivity contribution in [1.29, 1.82) is 0 Å². The van der Waals surface area contributed by atoms with Crippen molar-refractivity contribution in [3.8, 4) is 0 Å². The molecule has 4 heteroatoms. The Kier molecular flexibility index (Phi) is 4.08. The number of aryl methyl sites for hydroxylation is 1. The van der Waals surface area contributed by atoms with Gasteiger partial charge in [-0.3, -0.25) is 4.79 Å². The predicted molar refractivity (Wildman–Crippen MR) is 64.2 cm³/mol. The van der Waals surface area contributed by atoms with Crippen molar-refractivity contribution in [3.05, 3.63) is 33.8 Å². The van der Waals surface area contributed by atoms with Crippen LogP contribution < -0.4 is 0 Å². The number of carbonyl (C=O) groups is 1. The van der Waals surface area contributed by atoms with E-state index in [1.807, 2.05) is 0 Å². The highest BCUT2D eigenvalue weighted by Gasteiger charge is 2.21. The molecular weight excluding hydrogens is 275 g/mol. The van der Waals surface area contributed by atoms with Gasteiger partial charge < -0.3 is 5.11 Å². The molecule has 1 rings (SSSR count). The molecule has 1 aromatic rings. The maximum atomic E-state index is 13.7. The predicted octanol–water partition coefficient (Wildman–Crippen LogP) is 3.67. The normalized spacial score (nSPS) is 11.5. The number of carboxylic acid groups (broad SMARTS) is 1. The zero-order chi connectivity index (χ0) is 12.3. The minimum absolute atomic E-state index is 0.0881. The number of carboxylic acids is 1. The van der Waals surface area contributed by atoms with Gasteiger partial charge in [-0.15, -0.1) is 0 Å². The zero-order valence-electron chi connectivity index (χ0n) is 9.26. The lowest BCUT2D eigenvalue weighted by molar-refractivity contribution is -0.136. The molecule has 0 atom stereocenters. The largest absolute Gasteiger partial charge is 0.481 e. The van der Waals surface area contributed by atoms with Crippen molar-refractivity contribution in [2.45, 2.75) is 32.4 Å². The number of alkyl halides is 1. The van der Waals surface area contributed by atoms with E-state index in [2.05, 4.69) is 15.9 Å². The van der Waals surface area contributed by atoms with Crippen LogP contribution in [0.3, 0.4) is 0 Å². The maximum Gasteiger partial charge on any atom is 0.303 e. The van der Waals surface area contributed by atoms with Crippen LogP contribution >= 0.6 is 15.9 Å². The number of aliphatic carboxylic acids is 1. The second kappa shape index (κ2) is 4.95. The summed E-state index contributed by atoms with van der Waals surface area (Å²) in [6.45, 7) is 2.98. The molecular formula is C12H14BrFO2. The van der Waals surface area contributed by atoms with Crippen LogP contribution in [0.25, 0.3) is 0 Å². The van der Waals surface area contributed by atoms with E-state index in [1.54, 1.807) is 18.2 Å². The standard InChI is InChI=1S/C12H14BrFO2/c1-12(2,14)9-5-3-8(7-10(9)13)4-6-11(15)16/h3,5,7H,4,6H2,1-2H3,(H,15,16). The van der Waals surface area contributed by atoms with Crippen LogP contribution in [0.4, 0.5) is 4.39 Å². The summed E-state index contributed by atoms with van der Waals surface area (Å²) in [4.78, 5) is 10.4. The molecule has 1 aromatic carbocycles. The average molecular weight is 289 g/mol. The third-order valence-electron chi connectivity index (χ3n) is 2.30. The number of benzene rings is 1. The molecule has 0 aliphatic carbocycles. The number of hydrogen-bond donors (Lipinski definition) is 1. The Hall–Kier alpha value is -0.900. The Morgan fingerprint density at radius 3 is 2.56 bits per heavy atom. The van der Waals surface area contributed by atoms with Gasteiger partial charge in [0.2, 0.25) is 0 Å². The number of rotatable bonds is 4. The van der Waals surface area contributed by atoms with Gasteiger partial charge in [0.05, 0.1) is 0 Å². The molecule has 88 valence electrons. The van der Waals surface area contributed by atoms with E-state index >= 15 is 0 Å². The van der Waals surface area contributed by atoms with Gasteiger partial charge in [-0.2, -0.15) is 0 Å². The summed E-state index contributed by atoms with van der Waals surface area (Å²) in [6.07, 6.45) is 0.547. The molecule has 0 fully saturated rings. The molecule has 0 unspecified atom stereocenters. The molecule has 0 amide bonds. The first kappa shape index (κ1) is 13.2. The van der Waals surface area contributed by atoms with Crippen molar-refractivity contribution in [3.63, 3.8) is 0 Å². The van der Waals surface area contributed by atoms with Crippen molar-refractivity contribution < 1.29 is 14.3 Å². The fraction of sp³-hybridized carbons (Fsp3) is 0.417. The van der Waals surface area contributed by atoms with Crippen LogP contribution in [0.5, 0.6) is 0 Å². The SMILES string of the molecule is CC(C)(F)c1ccc(CCC(=O)O)cc1Br. The fourth-order valence-corrected chi connectivity index (χ4v) is 2.35. The Morgan fingerprint density at radius 1 is 1.50 bits per heavy atom. The maximum absolute atomic E-state index is 13.7. The molecule has 2 nitrogen and oxygen atoms in total. The van der Waals surface area contributed by atoms with Gasteiger partial charge in [0.15, 0.2) is 0 Å². The monoisotopic (exact) mass is 288 g/mol. The summed E-state index contributed by atoms with van der Waals surface area (Å²) in [7, 11) is 0.